The second kappa shape index (κ2) is 6.81. The first-order valence-electron chi connectivity index (χ1n) is 9.60. The molecule has 5 rings (SSSR count). The second-order valence-electron chi connectivity index (χ2n) is 7.39. The predicted octanol–water partition coefficient (Wildman–Crippen LogP) is 4.97. The molecule has 1 aliphatic carbocycles. The number of nitrogens with one attached hydrogen (secondary N) is 1. The molecule has 29 heavy (non-hydrogen) atoms. The number of nitrogens with zero attached hydrogens (tertiary/aromatic N) is 3. The molecule has 1 aromatic carbocycles. The van der Waals surface area contributed by atoms with Crippen molar-refractivity contribution in [2.75, 3.05) is 5.32 Å². The second-order valence-corrected chi connectivity index (χ2v) is 7.39. The molecule has 1 saturated carbocycles. The van der Waals surface area contributed by atoms with Gasteiger partial charge in [0.05, 0.1) is 23.0 Å². The van der Waals surface area contributed by atoms with Crippen LogP contribution in [0.3, 0.4) is 0 Å². The maximum atomic E-state index is 13.1. The summed E-state index contributed by atoms with van der Waals surface area (Å²) >= 11 is 0. The quantitative estimate of drug-likeness (QED) is 0.538. The molecular formula is C23H19FN4O. The summed E-state index contributed by atoms with van der Waals surface area (Å²) in [6, 6.07) is 11.6. The normalized spacial score (nSPS) is 13.6. The number of amides is 1. The first-order valence-corrected chi connectivity index (χ1v) is 9.60. The SMILES string of the molecule is Cc1ncc(-c2cccn3c(C4CC4)ncc23)cc1C(=O)Nc1ccc(F)cc1. The molecule has 0 bridgehead atoms. The molecule has 1 amide bonds. The highest BCUT2D eigenvalue weighted by molar-refractivity contribution is 6.05. The van der Waals surface area contributed by atoms with Gasteiger partial charge in [0.15, 0.2) is 0 Å². The van der Waals surface area contributed by atoms with Crippen LogP contribution in [-0.2, 0) is 0 Å². The zero-order chi connectivity index (χ0) is 20.0. The van der Waals surface area contributed by atoms with E-state index in [1.807, 2.05) is 30.6 Å². The first-order chi connectivity index (χ1) is 14.1. The minimum absolute atomic E-state index is 0.275. The molecule has 0 saturated heterocycles. The van der Waals surface area contributed by atoms with Gasteiger partial charge in [-0.1, -0.05) is 6.07 Å². The van der Waals surface area contributed by atoms with Crippen molar-refractivity contribution in [1.82, 2.24) is 14.4 Å². The molecule has 0 radical (unpaired) electrons. The van der Waals surface area contributed by atoms with Gasteiger partial charge in [-0.2, -0.15) is 0 Å². The van der Waals surface area contributed by atoms with Gasteiger partial charge >= 0.3 is 0 Å². The highest BCUT2D eigenvalue weighted by Crippen LogP contribution is 2.40. The van der Waals surface area contributed by atoms with E-state index in [1.165, 1.54) is 37.1 Å². The van der Waals surface area contributed by atoms with Crippen molar-refractivity contribution in [3.8, 4) is 11.1 Å². The van der Waals surface area contributed by atoms with E-state index in [0.717, 1.165) is 22.5 Å². The number of pyridine rings is 2. The van der Waals surface area contributed by atoms with Crippen LogP contribution in [0.2, 0.25) is 0 Å². The number of imidazole rings is 1. The Kier molecular flexibility index (Phi) is 4.12. The lowest BCUT2D eigenvalue weighted by molar-refractivity contribution is 0.102. The van der Waals surface area contributed by atoms with E-state index in [2.05, 4.69) is 19.7 Å². The third-order valence-corrected chi connectivity index (χ3v) is 5.29. The summed E-state index contributed by atoms with van der Waals surface area (Å²) in [4.78, 5) is 21.9. The molecule has 0 spiro atoms. The van der Waals surface area contributed by atoms with Gasteiger partial charge in [0.1, 0.15) is 11.6 Å². The Morgan fingerprint density at radius 2 is 1.93 bits per heavy atom. The molecule has 1 fully saturated rings. The molecular weight excluding hydrogens is 367 g/mol. The number of aryl methyl sites for hydroxylation is 1. The summed E-state index contributed by atoms with van der Waals surface area (Å²) in [5.41, 5.74) is 4.49. The summed E-state index contributed by atoms with van der Waals surface area (Å²) in [6.45, 7) is 1.80. The van der Waals surface area contributed by atoms with Crippen LogP contribution >= 0.6 is 0 Å². The van der Waals surface area contributed by atoms with Gasteiger partial charge in [-0.15, -0.1) is 0 Å². The standard InChI is InChI=1S/C23H19FN4O/c1-14-20(23(29)27-18-8-6-17(24)7-9-18)11-16(12-25-14)19-3-2-10-28-21(19)13-26-22(28)15-4-5-15/h2-3,6-13,15H,4-5H2,1H3,(H,27,29). The molecule has 4 aromatic rings. The van der Waals surface area contributed by atoms with Gasteiger partial charge in [0.2, 0.25) is 0 Å². The van der Waals surface area contributed by atoms with Crippen molar-refractivity contribution in [3.63, 3.8) is 0 Å². The van der Waals surface area contributed by atoms with E-state index in [1.54, 1.807) is 13.1 Å². The highest BCUT2D eigenvalue weighted by atomic mass is 19.1. The summed E-state index contributed by atoms with van der Waals surface area (Å²) in [6.07, 6.45) is 8.07. The number of fused-ring (bicyclic) bond motifs is 1. The van der Waals surface area contributed by atoms with Crippen molar-refractivity contribution >= 4 is 17.1 Å². The maximum Gasteiger partial charge on any atom is 0.257 e. The number of hydrogen-bond acceptors (Lipinski definition) is 3. The third-order valence-electron chi connectivity index (χ3n) is 5.29. The van der Waals surface area contributed by atoms with Crippen LogP contribution in [0.1, 0.15) is 40.6 Å². The number of carbonyl (C=O) groups is 1. The topological polar surface area (TPSA) is 59.3 Å². The number of benzene rings is 1. The fourth-order valence-corrected chi connectivity index (χ4v) is 3.57. The average molecular weight is 386 g/mol. The van der Waals surface area contributed by atoms with E-state index in [-0.39, 0.29) is 11.7 Å². The van der Waals surface area contributed by atoms with Gasteiger partial charge in [0.25, 0.3) is 5.91 Å². The van der Waals surface area contributed by atoms with Gasteiger partial charge < -0.3 is 9.72 Å². The lowest BCUT2D eigenvalue weighted by Crippen LogP contribution is -2.14. The molecule has 6 heteroatoms. The Morgan fingerprint density at radius 1 is 1.14 bits per heavy atom. The minimum Gasteiger partial charge on any atom is -0.322 e. The minimum atomic E-state index is -0.345. The summed E-state index contributed by atoms with van der Waals surface area (Å²) in [7, 11) is 0. The van der Waals surface area contributed by atoms with Gasteiger partial charge in [-0.3, -0.25) is 9.78 Å². The molecule has 1 aliphatic rings. The van der Waals surface area contributed by atoms with Crippen LogP contribution in [-0.4, -0.2) is 20.3 Å². The van der Waals surface area contributed by atoms with E-state index in [0.29, 0.717) is 22.9 Å². The average Bonchev–Trinajstić information content (AvgIpc) is 3.48. The van der Waals surface area contributed by atoms with Crippen LogP contribution in [0.5, 0.6) is 0 Å². The Balaban J connectivity index is 1.52. The zero-order valence-electron chi connectivity index (χ0n) is 15.9. The van der Waals surface area contributed by atoms with Gasteiger partial charge in [-0.25, -0.2) is 9.37 Å². The monoisotopic (exact) mass is 386 g/mol. The fourth-order valence-electron chi connectivity index (χ4n) is 3.57. The first kappa shape index (κ1) is 17.6. The van der Waals surface area contributed by atoms with Crippen LogP contribution in [0.15, 0.2) is 61.1 Å². The predicted molar refractivity (Wildman–Crippen MR) is 109 cm³/mol. The largest absolute Gasteiger partial charge is 0.322 e. The summed E-state index contributed by atoms with van der Waals surface area (Å²) in [5.74, 6) is 1.02. The van der Waals surface area contributed by atoms with E-state index in [9.17, 15) is 9.18 Å². The molecule has 0 unspecified atom stereocenters. The number of aromatic nitrogens is 3. The van der Waals surface area contributed by atoms with E-state index in [4.69, 9.17) is 0 Å². The third kappa shape index (κ3) is 3.27. The Labute approximate surface area is 167 Å². The Bertz CT molecular complexity index is 1230. The molecule has 3 aromatic heterocycles. The summed E-state index contributed by atoms with van der Waals surface area (Å²) in [5, 5.41) is 2.81. The van der Waals surface area contributed by atoms with Gasteiger partial charge in [-0.05, 0) is 56.2 Å². The molecule has 144 valence electrons. The molecule has 3 heterocycles. The lowest BCUT2D eigenvalue weighted by Gasteiger charge is -2.11. The fraction of sp³-hybridized carbons (Fsp3) is 0.174. The molecule has 0 aliphatic heterocycles. The number of rotatable bonds is 4. The molecule has 0 atom stereocenters. The number of hydrogen-bond donors (Lipinski definition) is 1. The van der Waals surface area contributed by atoms with Crippen molar-refractivity contribution in [2.24, 2.45) is 0 Å². The van der Waals surface area contributed by atoms with E-state index >= 15 is 0 Å². The highest BCUT2D eigenvalue weighted by Gasteiger charge is 2.28. The van der Waals surface area contributed by atoms with Crippen LogP contribution < -0.4 is 5.32 Å². The lowest BCUT2D eigenvalue weighted by atomic mass is 10.0. The number of halogens is 1. The van der Waals surface area contributed by atoms with Crippen LogP contribution in [0, 0.1) is 12.7 Å². The zero-order valence-corrected chi connectivity index (χ0v) is 15.9. The maximum absolute atomic E-state index is 13.1. The van der Waals surface area contributed by atoms with E-state index < -0.39 is 0 Å². The van der Waals surface area contributed by atoms with Crippen molar-refractivity contribution in [2.45, 2.75) is 25.7 Å². The number of anilines is 1. The molecule has 1 N–H and O–H groups in total. The van der Waals surface area contributed by atoms with Crippen LogP contribution in [0.25, 0.3) is 16.6 Å². The van der Waals surface area contributed by atoms with Gasteiger partial charge in [0, 0.05) is 35.1 Å². The van der Waals surface area contributed by atoms with Crippen molar-refractivity contribution in [3.05, 3.63) is 84.0 Å². The summed E-state index contributed by atoms with van der Waals surface area (Å²) < 4.78 is 15.2. The van der Waals surface area contributed by atoms with Crippen molar-refractivity contribution < 1.29 is 9.18 Å². The Morgan fingerprint density at radius 3 is 2.69 bits per heavy atom. The molecule has 5 nitrogen and oxygen atoms in total. The Hall–Kier alpha value is -3.54. The smallest absolute Gasteiger partial charge is 0.257 e. The van der Waals surface area contributed by atoms with Crippen molar-refractivity contribution in [1.29, 1.82) is 0 Å². The van der Waals surface area contributed by atoms with Crippen LogP contribution in [0.4, 0.5) is 10.1 Å². The number of carbonyl (C=O) groups excluding carboxylic acids is 1.